The van der Waals surface area contributed by atoms with Crippen LogP contribution in [0.2, 0.25) is 5.02 Å². The number of pyridine rings is 1. The highest BCUT2D eigenvalue weighted by Crippen LogP contribution is 2.16. The Labute approximate surface area is 171 Å². The molecule has 2 N–H and O–H groups in total. The van der Waals surface area contributed by atoms with E-state index in [9.17, 15) is 9.59 Å². The van der Waals surface area contributed by atoms with Crippen molar-refractivity contribution in [2.24, 2.45) is 5.92 Å². The van der Waals surface area contributed by atoms with Crippen molar-refractivity contribution in [3.63, 3.8) is 0 Å². The molecule has 1 amide bonds. The average molecular weight is 415 g/mol. The van der Waals surface area contributed by atoms with E-state index in [-0.39, 0.29) is 12.4 Å². The van der Waals surface area contributed by atoms with E-state index in [1.807, 2.05) is 0 Å². The summed E-state index contributed by atoms with van der Waals surface area (Å²) in [5.74, 6) is 0.335. The third kappa shape index (κ3) is 4.72. The topological polar surface area (TPSA) is 106 Å². The SMILES string of the molecule is O=C(NCc1ccnc(OCC2CCOC2)c1)c1nc2ccc(Cl)cc2c(=O)[nH]1. The van der Waals surface area contributed by atoms with Gasteiger partial charge < -0.3 is 19.8 Å². The van der Waals surface area contributed by atoms with Gasteiger partial charge >= 0.3 is 0 Å². The van der Waals surface area contributed by atoms with E-state index in [1.54, 1.807) is 30.5 Å². The van der Waals surface area contributed by atoms with Crippen molar-refractivity contribution in [2.75, 3.05) is 19.8 Å². The second-order valence-electron chi connectivity index (χ2n) is 6.80. The van der Waals surface area contributed by atoms with E-state index >= 15 is 0 Å². The van der Waals surface area contributed by atoms with E-state index in [0.717, 1.165) is 18.6 Å². The largest absolute Gasteiger partial charge is 0.477 e. The predicted octanol–water partition coefficient (Wildman–Crippen LogP) is 2.32. The molecule has 1 fully saturated rings. The van der Waals surface area contributed by atoms with Crippen LogP contribution in [0.1, 0.15) is 22.6 Å². The number of carbonyl (C=O) groups excluding carboxylic acids is 1. The smallest absolute Gasteiger partial charge is 0.287 e. The van der Waals surface area contributed by atoms with E-state index in [4.69, 9.17) is 21.1 Å². The zero-order chi connectivity index (χ0) is 20.2. The molecule has 2 aromatic heterocycles. The molecular formula is C20H19ClN4O4. The molecule has 1 saturated heterocycles. The van der Waals surface area contributed by atoms with Crippen LogP contribution in [0.3, 0.4) is 0 Å². The van der Waals surface area contributed by atoms with Crippen molar-refractivity contribution < 1.29 is 14.3 Å². The number of carbonyl (C=O) groups is 1. The third-order valence-corrected chi connectivity index (χ3v) is 4.86. The normalized spacial score (nSPS) is 16.1. The molecule has 3 heterocycles. The number of hydrogen-bond acceptors (Lipinski definition) is 6. The summed E-state index contributed by atoms with van der Waals surface area (Å²) in [4.78, 5) is 35.5. The van der Waals surface area contributed by atoms with Crippen LogP contribution in [-0.4, -0.2) is 40.7 Å². The number of aromatic nitrogens is 3. The van der Waals surface area contributed by atoms with Gasteiger partial charge in [-0.05, 0) is 36.2 Å². The maximum atomic E-state index is 12.4. The number of nitrogens with zero attached hydrogens (tertiary/aromatic N) is 2. The Morgan fingerprint density at radius 3 is 3.07 bits per heavy atom. The molecule has 29 heavy (non-hydrogen) atoms. The summed E-state index contributed by atoms with van der Waals surface area (Å²) in [7, 11) is 0. The van der Waals surface area contributed by atoms with Gasteiger partial charge in [0.2, 0.25) is 5.88 Å². The number of rotatable bonds is 6. The zero-order valence-electron chi connectivity index (χ0n) is 15.5. The highest BCUT2D eigenvalue weighted by Gasteiger charge is 2.16. The molecule has 1 atom stereocenters. The van der Waals surface area contributed by atoms with Crippen LogP contribution in [0.5, 0.6) is 5.88 Å². The summed E-state index contributed by atoms with van der Waals surface area (Å²) >= 11 is 5.90. The molecule has 0 spiro atoms. The Kier molecular flexibility index (Phi) is 5.73. The van der Waals surface area contributed by atoms with Crippen LogP contribution in [-0.2, 0) is 11.3 Å². The van der Waals surface area contributed by atoms with Gasteiger partial charge in [-0.1, -0.05) is 11.6 Å². The number of aromatic amines is 1. The summed E-state index contributed by atoms with van der Waals surface area (Å²) in [6.45, 7) is 2.27. The molecule has 0 saturated carbocycles. The summed E-state index contributed by atoms with van der Waals surface area (Å²) in [5, 5.41) is 3.50. The first-order valence-electron chi connectivity index (χ1n) is 9.22. The summed E-state index contributed by atoms with van der Waals surface area (Å²) < 4.78 is 11.1. The first kappa shape index (κ1) is 19.4. The van der Waals surface area contributed by atoms with E-state index in [2.05, 4.69) is 20.3 Å². The Balaban J connectivity index is 1.40. The summed E-state index contributed by atoms with van der Waals surface area (Å²) in [6, 6.07) is 8.29. The minimum atomic E-state index is -0.485. The zero-order valence-corrected chi connectivity index (χ0v) is 16.2. The van der Waals surface area contributed by atoms with Crippen LogP contribution in [0.25, 0.3) is 10.9 Å². The van der Waals surface area contributed by atoms with Gasteiger partial charge in [0, 0.05) is 36.4 Å². The van der Waals surface area contributed by atoms with Crippen molar-refractivity contribution in [1.82, 2.24) is 20.3 Å². The molecule has 8 nitrogen and oxygen atoms in total. The number of hydrogen-bond donors (Lipinski definition) is 2. The van der Waals surface area contributed by atoms with Gasteiger partial charge in [0.15, 0.2) is 5.82 Å². The Bertz CT molecular complexity index is 1100. The molecule has 0 aliphatic carbocycles. The average Bonchev–Trinajstić information content (AvgIpc) is 3.25. The van der Waals surface area contributed by atoms with Gasteiger partial charge in [-0.25, -0.2) is 9.97 Å². The molecule has 1 aliphatic heterocycles. The quantitative estimate of drug-likeness (QED) is 0.641. The van der Waals surface area contributed by atoms with Gasteiger partial charge in [-0.15, -0.1) is 0 Å². The molecule has 0 radical (unpaired) electrons. The maximum Gasteiger partial charge on any atom is 0.287 e. The molecule has 3 aromatic rings. The number of ether oxygens (including phenoxy) is 2. The second-order valence-corrected chi connectivity index (χ2v) is 7.24. The Hall–Kier alpha value is -2.97. The molecule has 1 aromatic carbocycles. The first-order chi connectivity index (χ1) is 14.1. The van der Waals surface area contributed by atoms with Gasteiger partial charge in [0.05, 0.1) is 24.1 Å². The molecule has 9 heteroatoms. The van der Waals surface area contributed by atoms with Crippen molar-refractivity contribution in [2.45, 2.75) is 13.0 Å². The minimum Gasteiger partial charge on any atom is -0.477 e. The lowest BCUT2D eigenvalue weighted by Crippen LogP contribution is -2.27. The third-order valence-electron chi connectivity index (χ3n) is 4.63. The summed E-state index contributed by atoms with van der Waals surface area (Å²) in [5.41, 5.74) is 0.804. The standard InChI is InChI=1S/C20H19ClN4O4/c21-14-1-2-16-15(8-14)19(26)25-18(24-16)20(27)23-9-12-3-5-22-17(7-12)29-11-13-4-6-28-10-13/h1-3,5,7-8,13H,4,6,9-11H2,(H,23,27)(H,24,25,26). The van der Waals surface area contributed by atoms with Crippen LogP contribution < -0.4 is 15.6 Å². The van der Waals surface area contributed by atoms with Crippen LogP contribution in [0, 0.1) is 5.92 Å². The molecule has 0 bridgehead atoms. The van der Waals surface area contributed by atoms with Gasteiger partial charge in [-0.3, -0.25) is 9.59 Å². The molecule has 4 rings (SSSR count). The predicted molar refractivity (Wildman–Crippen MR) is 107 cm³/mol. The fraction of sp³-hybridized carbons (Fsp3) is 0.300. The second kappa shape index (κ2) is 8.59. The molecule has 150 valence electrons. The minimum absolute atomic E-state index is 0.0587. The van der Waals surface area contributed by atoms with Crippen molar-refractivity contribution in [3.8, 4) is 5.88 Å². The van der Waals surface area contributed by atoms with Crippen LogP contribution >= 0.6 is 11.6 Å². The van der Waals surface area contributed by atoms with E-state index < -0.39 is 11.5 Å². The lowest BCUT2D eigenvalue weighted by molar-refractivity contribution is 0.0940. The monoisotopic (exact) mass is 414 g/mol. The van der Waals surface area contributed by atoms with Crippen molar-refractivity contribution >= 4 is 28.4 Å². The molecular weight excluding hydrogens is 396 g/mol. The van der Waals surface area contributed by atoms with E-state index in [1.165, 1.54) is 6.07 Å². The number of fused-ring (bicyclic) bond motifs is 1. The number of amides is 1. The van der Waals surface area contributed by atoms with Crippen LogP contribution in [0.4, 0.5) is 0 Å². The first-order valence-corrected chi connectivity index (χ1v) is 9.59. The highest BCUT2D eigenvalue weighted by atomic mass is 35.5. The van der Waals surface area contributed by atoms with Gasteiger partial charge in [0.25, 0.3) is 11.5 Å². The number of benzene rings is 1. The van der Waals surface area contributed by atoms with Gasteiger partial charge in [-0.2, -0.15) is 0 Å². The molecule has 1 aliphatic rings. The number of nitrogens with one attached hydrogen (secondary N) is 2. The molecule has 1 unspecified atom stereocenters. The fourth-order valence-corrected chi connectivity index (χ4v) is 3.21. The maximum absolute atomic E-state index is 12.4. The van der Waals surface area contributed by atoms with Crippen molar-refractivity contribution in [3.05, 3.63) is 63.3 Å². The number of H-pyrrole nitrogens is 1. The highest BCUT2D eigenvalue weighted by molar-refractivity contribution is 6.31. The summed E-state index contributed by atoms with van der Waals surface area (Å²) in [6.07, 6.45) is 2.61. The van der Waals surface area contributed by atoms with Crippen molar-refractivity contribution in [1.29, 1.82) is 0 Å². The van der Waals surface area contributed by atoms with Crippen LogP contribution in [0.15, 0.2) is 41.3 Å². The lowest BCUT2D eigenvalue weighted by Gasteiger charge is -2.11. The number of halogens is 1. The Morgan fingerprint density at radius 2 is 2.24 bits per heavy atom. The fourth-order valence-electron chi connectivity index (χ4n) is 3.04. The Morgan fingerprint density at radius 1 is 1.34 bits per heavy atom. The van der Waals surface area contributed by atoms with Gasteiger partial charge in [0.1, 0.15) is 0 Å². The lowest BCUT2D eigenvalue weighted by atomic mass is 10.1. The van der Waals surface area contributed by atoms with E-state index in [0.29, 0.717) is 40.9 Å².